The van der Waals surface area contributed by atoms with E-state index in [1.54, 1.807) is 0 Å². The molecule has 1 heteroatoms. The van der Waals surface area contributed by atoms with Gasteiger partial charge in [0.05, 0.1) is 6.10 Å². The second-order valence-electron chi connectivity index (χ2n) is 5.13. The predicted molar refractivity (Wildman–Crippen MR) is 67.7 cm³/mol. The number of rotatable bonds is 3. The van der Waals surface area contributed by atoms with E-state index in [0.717, 1.165) is 12.3 Å². The molecule has 0 saturated heterocycles. The summed E-state index contributed by atoms with van der Waals surface area (Å²) in [4.78, 5) is 0. The van der Waals surface area contributed by atoms with Gasteiger partial charge in [0.25, 0.3) is 0 Å². The Bertz CT molecular complexity index is 307. The molecule has 1 aliphatic carbocycles. The Balaban J connectivity index is 2.00. The smallest absolute Gasteiger partial charge is 0.0552 e. The summed E-state index contributed by atoms with van der Waals surface area (Å²) in [5.41, 5.74) is 2.74. The summed E-state index contributed by atoms with van der Waals surface area (Å²) in [6, 6.07) is 8.87. The van der Waals surface area contributed by atoms with Crippen molar-refractivity contribution in [2.75, 3.05) is 0 Å². The third-order valence-electron chi connectivity index (χ3n) is 3.59. The standard InChI is InChI=1S/C15H22O/c1-12(16)11-13-7-9-15(10-8-13)14-5-3-2-4-6-14/h7-10,12,14,16H,2-6,11H2,1H3. The highest BCUT2D eigenvalue weighted by molar-refractivity contribution is 5.26. The summed E-state index contributed by atoms with van der Waals surface area (Å²) in [6.45, 7) is 1.84. The van der Waals surface area contributed by atoms with Crippen molar-refractivity contribution in [2.24, 2.45) is 0 Å². The molecule has 1 fully saturated rings. The Labute approximate surface area is 98.5 Å². The van der Waals surface area contributed by atoms with E-state index in [1.165, 1.54) is 43.2 Å². The van der Waals surface area contributed by atoms with Gasteiger partial charge in [-0.1, -0.05) is 43.5 Å². The molecule has 1 aromatic carbocycles. The average molecular weight is 218 g/mol. The maximum atomic E-state index is 9.32. The van der Waals surface area contributed by atoms with Crippen LogP contribution < -0.4 is 0 Å². The van der Waals surface area contributed by atoms with Crippen LogP contribution in [0.1, 0.15) is 56.1 Å². The molecule has 0 aromatic heterocycles. The van der Waals surface area contributed by atoms with E-state index in [2.05, 4.69) is 24.3 Å². The first-order chi connectivity index (χ1) is 7.75. The molecular formula is C15H22O. The monoisotopic (exact) mass is 218 g/mol. The van der Waals surface area contributed by atoms with E-state index in [0.29, 0.717) is 0 Å². The lowest BCUT2D eigenvalue weighted by Crippen LogP contribution is -2.06. The average Bonchev–Trinajstić information content (AvgIpc) is 2.30. The van der Waals surface area contributed by atoms with Gasteiger partial charge in [0.2, 0.25) is 0 Å². The summed E-state index contributed by atoms with van der Waals surface area (Å²) in [5, 5.41) is 9.32. The van der Waals surface area contributed by atoms with Gasteiger partial charge in [-0.05, 0) is 43.2 Å². The topological polar surface area (TPSA) is 20.2 Å². The third-order valence-corrected chi connectivity index (χ3v) is 3.59. The molecule has 1 atom stereocenters. The Kier molecular flexibility index (Phi) is 4.00. The van der Waals surface area contributed by atoms with Gasteiger partial charge >= 0.3 is 0 Å². The van der Waals surface area contributed by atoms with E-state index in [9.17, 15) is 5.11 Å². The first-order valence-electron chi connectivity index (χ1n) is 6.52. The minimum Gasteiger partial charge on any atom is -0.393 e. The zero-order chi connectivity index (χ0) is 11.4. The molecular weight excluding hydrogens is 196 g/mol. The molecule has 1 aromatic rings. The van der Waals surface area contributed by atoms with Gasteiger partial charge in [-0.15, -0.1) is 0 Å². The highest BCUT2D eigenvalue weighted by Crippen LogP contribution is 2.32. The lowest BCUT2D eigenvalue weighted by Gasteiger charge is -2.22. The molecule has 0 radical (unpaired) electrons. The van der Waals surface area contributed by atoms with E-state index in [4.69, 9.17) is 0 Å². The molecule has 0 bridgehead atoms. The zero-order valence-electron chi connectivity index (χ0n) is 10.2. The Morgan fingerprint density at radius 2 is 1.75 bits per heavy atom. The van der Waals surface area contributed by atoms with Gasteiger partial charge in [-0.25, -0.2) is 0 Å². The van der Waals surface area contributed by atoms with Crippen LogP contribution in [0.5, 0.6) is 0 Å². The van der Waals surface area contributed by atoms with Gasteiger partial charge in [0.1, 0.15) is 0 Å². The van der Waals surface area contributed by atoms with Crippen LogP contribution in [0, 0.1) is 0 Å². The van der Waals surface area contributed by atoms with Crippen LogP contribution in [0.4, 0.5) is 0 Å². The van der Waals surface area contributed by atoms with Gasteiger partial charge in [0, 0.05) is 0 Å². The number of aliphatic hydroxyl groups excluding tert-OH is 1. The molecule has 88 valence electrons. The van der Waals surface area contributed by atoms with Gasteiger partial charge in [-0.2, -0.15) is 0 Å². The first kappa shape index (κ1) is 11.7. The molecule has 16 heavy (non-hydrogen) atoms. The summed E-state index contributed by atoms with van der Waals surface area (Å²) < 4.78 is 0. The Hall–Kier alpha value is -0.820. The van der Waals surface area contributed by atoms with Crippen LogP contribution in [0.3, 0.4) is 0 Å². The molecule has 0 spiro atoms. The van der Waals surface area contributed by atoms with Crippen molar-refractivity contribution >= 4 is 0 Å². The molecule has 0 heterocycles. The van der Waals surface area contributed by atoms with Gasteiger partial charge in [-0.3, -0.25) is 0 Å². The summed E-state index contributed by atoms with van der Waals surface area (Å²) in [5.74, 6) is 0.786. The van der Waals surface area contributed by atoms with E-state index < -0.39 is 0 Å². The van der Waals surface area contributed by atoms with E-state index in [-0.39, 0.29) is 6.10 Å². The predicted octanol–water partition coefficient (Wildman–Crippen LogP) is 3.66. The lowest BCUT2D eigenvalue weighted by molar-refractivity contribution is 0.195. The van der Waals surface area contributed by atoms with Crippen LogP contribution in [-0.2, 0) is 6.42 Å². The van der Waals surface area contributed by atoms with Crippen LogP contribution >= 0.6 is 0 Å². The molecule has 1 saturated carbocycles. The van der Waals surface area contributed by atoms with Gasteiger partial charge < -0.3 is 5.11 Å². The molecule has 1 nitrogen and oxygen atoms in total. The number of hydrogen-bond donors (Lipinski definition) is 1. The van der Waals surface area contributed by atoms with Crippen molar-refractivity contribution in [1.82, 2.24) is 0 Å². The molecule has 0 aliphatic heterocycles. The second kappa shape index (κ2) is 5.49. The van der Waals surface area contributed by atoms with Crippen molar-refractivity contribution < 1.29 is 5.11 Å². The minimum atomic E-state index is -0.236. The summed E-state index contributed by atoms with van der Waals surface area (Å²) >= 11 is 0. The molecule has 1 aliphatic rings. The van der Waals surface area contributed by atoms with Crippen LogP contribution in [0.25, 0.3) is 0 Å². The summed E-state index contributed by atoms with van der Waals surface area (Å²) in [7, 11) is 0. The maximum Gasteiger partial charge on any atom is 0.0552 e. The Morgan fingerprint density at radius 3 is 2.31 bits per heavy atom. The summed E-state index contributed by atoms with van der Waals surface area (Å²) in [6.07, 6.45) is 7.44. The highest BCUT2D eigenvalue weighted by atomic mass is 16.3. The minimum absolute atomic E-state index is 0.236. The fourth-order valence-electron chi connectivity index (χ4n) is 2.70. The van der Waals surface area contributed by atoms with Crippen molar-refractivity contribution in [3.05, 3.63) is 35.4 Å². The van der Waals surface area contributed by atoms with Crippen LogP contribution in [0.15, 0.2) is 24.3 Å². The normalized spacial score (nSPS) is 19.6. The molecule has 1 unspecified atom stereocenters. The highest BCUT2D eigenvalue weighted by Gasteiger charge is 2.15. The number of aliphatic hydroxyl groups is 1. The van der Waals surface area contributed by atoms with E-state index in [1.807, 2.05) is 6.92 Å². The maximum absolute atomic E-state index is 9.32. The fourth-order valence-corrected chi connectivity index (χ4v) is 2.70. The Morgan fingerprint density at radius 1 is 1.12 bits per heavy atom. The first-order valence-corrected chi connectivity index (χ1v) is 6.52. The molecule has 2 rings (SSSR count). The largest absolute Gasteiger partial charge is 0.393 e. The van der Waals surface area contributed by atoms with Crippen LogP contribution in [0.2, 0.25) is 0 Å². The molecule has 1 N–H and O–H groups in total. The van der Waals surface area contributed by atoms with Crippen LogP contribution in [-0.4, -0.2) is 11.2 Å². The fraction of sp³-hybridized carbons (Fsp3) is 0.600. The van der Waals surface area contributed by atoms with Crippen molar-refractivity contribution in [1.29, 1.82) is 0 Å². The van der Waals surface area contributed by atoms with Crippen molar-refractivity contribution in [3.63, 3.8) is 0 Å². The lowest BCUT2D eigenvalue weighted by atomic mass is 9.84. The number of hydrogen-bond acceptors (Lipinski definition) is 1. The van der Waals surface area contributed by atoms with Crippen molar-refractivity contribution in [2.45, 2.75) is 57.5 Å². The van der Waals surface area contributed by atoms with E-state index >= 15 is 0 Å². The molecule has 0 amide bonds. The van der Waals surface area contributed by atoms with Gasteiger partial charge in [0.15, 0.2) is 0 Å². The zero-order valence-corrected chi connectivity index (χ0v) is 10.2. The SMILES string of the molecule is CC(O)Cc1ccc(C2CCCCC2)cc1. The second-order valence-corrected chi connectivity index (χ2v) is 5.13. The van der Waals surface area contributed by atoms with Crippen molar-refractivity contribution in [3.8, 4) is 0 Å². The number of benzene rings is 1. The quantitative estimate of drug-likeness (QED) is 0.821. The third kappa shape index (κ3) is 3.08.